The highest BCUT2D eigenvalue weighted by Gasteiger charge is 2.46. The highest BCUT2D eigenvalue weighted by Crippen LogP contribution is 2.43. The lowest BCUT2D eigenvalue weighted by molar-refractivity contribution is -0.140. The number of pyridine rings is 1. The summed E-state index contributed by atoms with van der Waals surface area (Å²) in [6, 6.07) is 9.23. The summed E-state index contributed by atoms with van der Waals surface area (Å²) in [5, 5.41) is 11.5. The van der Waals surface area contributed by atoms with Crippen LogP contribution in [0.4, 0.5) is 13.2 Å². The fourth-order valence-electron chi connectivity index (χ4n) is 4.16. The van der Waals surface area contributed by atoms with Gasteiger partial charge in [0.1, 0.15) is 17.3 Å². The summed E-state index contributed by atoms with van der Waals surface area (Å²) in [6.07, 6.45) is -1.70. The number of alkyl halides is 3. The number of benzene rings is 2. The maximum atomic E-state index is 13.3. The Balaban J connectivity index is 1.89. The van der Waals surface area contributed by atoms with Gasteiger partial charge in [-0.15, -0.1) is 0 Å². The van der Waals surface area contributed by atoms with Crippen molar-refractivity contribution in [2.24, 2.45) is 0 Å². The fraction of sp³-hybridized carbons (Fsp3) is 0.192. The maximum absolute atomic E-state index is 13.3. The van der Waals surface area contributed by atoms with Crippen molar-refractivity contribution in [3.63, 3.8) is 0 Å². The lowest BCUT2D eigenvalue weighted by Crippen LogP contribution is -2.29. The highest BCUT2D eigenvalue weighted by atomic mass is 35.5. The topological polar surface area (TPSA) is 89.0 Å². The second-order valence-corrected chi connectivity index (χ2v) is 8.51. The summed E-state index contributed by atoms with van der Waals surface area (Å²) in [6.45, 7) is -0.327. The van der Waals surface area contributed by atoms with E-state index in [1.54, 1.807) is 12.1 Å². The van der Waals surface area contributed by atoms with Crippen LogP contribution in [0, 0.1) is 0 Å². The third-order valence-corrected chi connectivity index (χ3v) is 6.17. The number of likely N-dealkylation sites (tertiary alicyclic amines) is 1. The summed E-state index contributed by atoms with van der Waals surface area (Å²) in [5.74, 6) is -2.29. The second kappa shape index (κ2) is 10.1. The van der Waals surface area contributed by atoms with Crippen molar-refractivity contribution in [3.8, 4) is 11.5 Å². The molecule has 1 aromatic heterocycles. The normalized spacial score (nSPS) is 17.2. The number of amides is 1. The zero-order valence-corrected chi connectivity index (χ0v) is 20.3. The van der Waals surface area contributed by atoms with Gasteiger partial charge in [0, 0.05) is 25.0 Å². The van der Waals surface area contributed by atoms with Crippen molar-refractivity contribution in [2.45, 2.75) is 18.8 Å². The number of nitrogens with zero attached hydrogens (tertiary/aromatic N) is 2. The molecule has 0 saturated carbocycles. The number of Topliss-reactive ketones (excluding diaryl/α,β-unsaturated/α-hetero) is 1. The number of hydrogen-bond acceptors (Lipinski definition) is 6. The first-order valence-electron chi connectivity index (χ1n) is 10.8. The molecular formula is C26H20ClF3N2O5. The van der Waals surface area contributed by atoms with Crippen LogP contribution in [-0.2, 0) is 22.3 Å². The molecule has 1 fully saturated rings. The van der Waals surface area contributed by atoms with E-state index in [9.17, 15) is 27.9 Å². The van der Waals surface area contributed by atoms with E-state index in [1.165, 1.54) is 50.9 Å². The first kappa shape index (κ1) is 26.0. The van der Waals surface area contributed by atoms with E-state index in [-0.39, 0.29) is 39.8 Å². The molecule has 1 amide bonds. The van der Waals surface area contributed by atoms with Crippen molar-refractivity contribution >= 4 is 29.1 Å². The first-order chi connectivity index (χ1) is 17.6. The molecule has 1 unspecified atom stereocenters. The standard InChI is InChI=1S/C26H20ClF3N2O5/c1-36-19-11-18(27)20(37-2)10-17(19)23(33)21-22(15-6-4-8-31-12-15)32(25(35)24(21)34)13-14-5-3-7-16(9-14)26(28,29)30/h3-12,22,33H,13H2,1-2H3/b23-21+. The Labute approximate surface area is 214 Å². The molecule has 3 aromatic rings. The smallest absolute Gasteiger partial charge is 0.416 e. The van der Waals surface area contributed by atoms with Gasteiger partial charge in [-0.25, -0.2) is 0 Å². The average molecular weight is 533 g/mol. The van der Waals surface area contributed by atoms with Crippen LogP contribution in [0.1, 0.15) is 28.3 Å². The monoisotopic (exact) mass is 532 g/mol. The van der Waals surface area contributed by atoms with Gasteiger partial charge >= 0.3 is 6.18 Å². The zero-order chi connectivity index (χ0) is 26.9. The molecule has 1 aliphatic rings. The van der Waals surface area contributed by atoms with Gasteiger partial charge in [-0.2, -0.15) is 13.2 Å². The second-order valence-electron chi connectivity index (χ2n) is 8.10. The molecule has 0 bridgehead atoms. The first-order valence-corrected chi connectivity index (χ1v) is 11.2. The Bertz CT molecular complexity index is 1390. The Morgan fingerprint density at radius 2 is 1.81 bits per heavy atom. The van der Waals surface area contributed by atoms with Crippen LogP contribution < -0.4 is 9.47 Å². The van der Waals surface area contributed by atoms with E-state index in [1.807, 2.05) is 0 Å². The number of methoxy groups -OCH3 is 2. The molecule has 37 heavy (non-hydrogen) atoms. The van der Waals surface area contributed by atoms with Crippen molar-refractivity contribution in [2.75, 3.05) is 14.2 Å². The predicted octanol–water partition coefficient (Wildman–Crippen LogP) is 5.39. The molecule has 4 rings (SSSR count). The number of carbonyl (C=O) groups excluding carboxylic acids is 2. The largest absolute Gasteiger partial charge is 0.507 e. The number of aliphatic hydroxyl groups excluding tert-OH is 1. The zero-order valence-electron chi connectivity index (χ0n) is 19.5. The third kappa shape index (κ3) is 4.97. The summed E-state index contributed by atoms with van der Waals surface area (Å²) in [4.78, 5) is 31.5. The summed E-state index contributed by atoms with van der Waals surface area (Å²) in [7, 11) is 2.70. The number of ketones is 1. The minimum absolute atomic E-state index is 0.0368. The molecule has 11 heteroatoms. The van der Waals surface area contributed by atoms with Crippen LogP contribution in [0.25, 0.3) is 5.76 Å². The molecule has 0 radical (unpaired) electrons. The number of aromatic nitrogens is 1. The minimum Gasteiger partial charge on any atom is -0.507 e. The van der Waals surface area contributed by atoms with Crippen LogP contribution in [-0.4, -0.2) is 40.9 Å². The lowest BCUT2D eigenvalue weighted by atomic mass is 9.95. The van der Waals surface area contributed by atoms with Crippen LogP contribution in [0.2, 0.25) is 5.02 Å². The van der Waals surface area contributed by atoms with E-state index in [2.05, 4.69) is 4.98 Å². The van der Waals surface area contributed by atoms with Gasteiger partial charge in [0.15, 0.2) is 0 Å². The highest BCUT2D eigenvalue weighted by molar-refractivity contribution is 6.46. The summed E-state index contributed by atoms with van der Waals surface area (Å²) < 4.78 is 50.3. The van der Waals surface area contributed by atoms with Gasteiger partial charge in [-0.05, 0) is 35.4 Å². The van der Waals surface area contributed by atoms with Crippen LogP contribution in [0.15, 0.2) is 66.5 Å². The Kier molecular flexibility index (Phi) is 7.13. The number of halogens is 4. The molecule has 2 aromatic carbocycles. The number of ether oxygens (including phenoxy) is 2. The van der Waals surface area contributed by atoms with Crippen molar-refractivity contribution in [1.82, 2.24) is 9.88 Å². The molecule has 192 valence electrons. The van der Waals surface area contributed by atoms with E-state index < -0.39 is 35.2 Å². The van der Waals surface area contributed by atoms with E-state index in [4.69, 9.17) is 21.1 Å². The number of aliphatic hydroxyl groups is 1. The van der Waals surface area contributed by atoms with E-state index in [0.717, 1.165) is 17.0 Å². The number of carbonyl (C=O) groups is 2. The molecule has 1 N–H and O–H groups in total. The quantitative estimate of drug-likeness (QED) is 0.260. The van der Waals surface area contributed by atoms with E-state index in [0.29, 0.717) is 5.56 Å². The fourth-order valence-corrected chi connectivity index (χ4v) is 4.39. The van der Waals surface area contributed by atoms with Gasteiger partial charge < -0.3 is 19.5 Å². The molecule has 1 saturated heterocycles. The summed E-state index contributed by atoms with van der Waals surface area (Å²) >= 11 is 6.16. The molecule has 2 heterocycles. The predicted molar refractivity (Wildman–Crippen MR) is 128 cm³/mol. The molecule has 0 spiro atoms. The maximum Gasteiger partial charge on any atom is 0.416 e. The molecule has 7 nitrogen and oxygen atoms in total. The Hall–Kier alpha value is -4.05. The van der Waals surface area contributed by atoms with E-state index >= 15 is 0 Å². The van der Waals surface area contributed by atoms with Crippen LogP contribution >= 0.6 is 11.6 Å². The average Bonchev–Trinajstić information content (AvgIpc) is 3.13. The van der Waals surface area contributed by atoms with Crippen LogP contribution in [0.3, 0.4) is 0 Å². The summed E-state index contributed by atoms with van der Waals surface area (Å²) in [5.41, 5.74) is -0.619. The van der Waals surface area contributed by atoms with Crippen molar-refractivity contribution in [1.29, 1.82) is 0 Å². The van der Waals surface area contributed by atoms with Gasteiger partial charge in [0.25, 0.3) is 11.7 Å². The molecule has 0 aliphatic carbocycles. The Morgan fingerprint density at radius 1 is 1.08 bits per heavy atom. The van der Waals surface area contributed by atoms with Gasteiger partial charge in [0.2, 0.25) is 0 Å². The molecular weight excluding hydrogens is 513 g/mol. The minimum atomic E-state index is -4.59. The van der Waals surface area contributed by atoms with Gasteiger partial charge in [-0.3, -0.25) is 14.6 Å². The molecule has 1 aliphatic heterocycles. The van der Waals surface area contributed by atoms with Crippen molar-refractivity contribution < 1.29 is 37.3 Å². The van der Waals surface area contributed by atoms with Crippen LogP contribution in [0.5, 0.6) is 11.5 Å². The number of hydrogen-bond donors (Lipinski definition) is 1. The lowest BCUT2D eigenvalue weighted by Gasteiger charge is -2.25. The SMILES string of the molecule is COc1cc(/C(O)=C2\C(=O)C(=O)N(Cc3cccc(C(F)(F)F)c3)C2c2cccnc2)c(OC)cc1Cl. The number of rotatable bonds is 6. The third-order valence-electron chi connectivity index (χ3n) is 5.88. The van der Waals surface area contributed by atoms with Gasteiger partial charge in [-0.1, -0.05) is 29.8 Å². The Morgan fingerprint density at radius 3 is 2.43 bits per heavy atom. The molecule has 1 atom stereocenters. The van der Waals surface area contributed by atoms with Gasteiger partial charge in [0.05, 0.1) is 42.0 Å². The van der Waals surface area contributed by atoms with Crippen molar-refractivity contribution in [3.05, 3.63) is 93.8 Å².